The van der Waals surface area contributed by atoms with Crippen LogP contribution in [0.4, 0.5) is 5.69 Å². The van der Waals surface area contributed by atoms with Gasteiger partial charge in [-0.15, -0.1) is 0 Å². The Morgan fingerprint density at radius 3 is 2.40 bits per heavy atom. The second kappa shape index (κ2) is 10.8. The molecule has 2 unspecified atom stereocenters. The lowest BCUT2D eigenvalue weighted by Gasteiger charge is -2.31. The predicted octanol–water partition coefficient (Wildman–Crippen LogP) is 5.07. The molecule has 5 nitrogen and oxygen atoms in total. The van der Waals surface area contributed by atoms with Gasteiger partial charge in [-0.25, -0.2) is 0 Å². The lowest BCUT2D eigenvalue weighted by atomic mass is 9.82. The molecule has 1 heterocycles. The first-order valence-corrected chi connectivity index (χ1v) is 14.8. The molecule has 0 spiro atoms. The number of benzene rings is 4. The Balaban J connectivity index is 1.26. The largest absolute Gasteiger partial charge is 0.372 e. The summed E-state index contributed by atoms with van der Waals surface area (Å²) in [4.78, 5) is 29.1. The van der Waals surface area contributed by atoms with Crippen molar-refractivity contribution in [2.24, 2.45) is 0 Å². The van der Waals surface area contributed by atoms with Gasteiger partial charge in [0.05, 0.1) is 18.8 Å². The van der Waals surface area contributed by atoms with Crippen molar-refractivity contribution in [2.75, 3.05) is 25.5 Å². The van der Waals surface area contributed by atoms with Crippen molar-refractivity contribution in [1.29, 1.82) is 0 Å². The van der Waals surface area contributed by atoms with Crippen LogP contribution in [0.3, 0.4) is 0 Å². The van der Waals surface area contributed by atoms with E-state index in [1.54, 1.807) is 0 Å². The zero-order valence-electron chi connectivity index (χ0n) is 24.0. The second-order valence-corrected chi connectivity index (χ2v) is 11.7. The molecule has 1 N–H and O–H groups in total. The van der Waals surface area contributed by atoms with Crippen molar-refractivity contribution in [3.63, 3.8) is 0 Å². The van der Waals surface area contributed by atoms with Gasteiger partial charge < -0.3 is 10.1 Å². The van der Waals surface area contributed by atoms with Gasteiger partial charge in [-0.3, -0.25) is 14.5 Å². The molecular formula is C37H34N2O3. The van der Waals surface area contributed by atoms with E-state index in [1.807, 2.05) is 55.5 Å². The lowest BCUT2D eigenvalue weighted by molar-refractivity contribution is 0.102. The zero-order chi connectivity index (χ0) is 28.8. The summed E-state index contributed by atoms with van der Waals surface area (Å²) >= 11 is 0. The Hall–Kier alpha value is -4.32. The number of nitrogens with one attached hydrogen (secondary N) is 1. The molecule has 42 heavy (non-hydrogen) atoms. The van der Waals surface area contributed by atoms with Gasteiger partial charge in [-0.05, 0) is 101 Å². The Kier molecular flexibility index (Phi) is 6.85. The van der Waals surface area contributed by atoms with Crippen molar-refractivity contribution >= 4 is 29.0 Å². The van der Waals surface area contributed by atoms with E-state index in [0.717, 1.165) is 48.8 Å². The van der Waals surface area contributed by atoms with Crippen molar-refractivity contribution < 1.29 is 14.3 Å². The minimum Gasteiger partial charge on any atom is -0.372 e. The Bertz CT molecular complexity index is 1940. The first-order valence-electron chi connectivity index (χ1n) is 14.8. The van der Waals surface area contributed by atoms with E-state index in [4.69, 9.17) is 4.74 Å². The summed E-state index contributed by atoms with van der Waals surface area (Å²) in [6.45, 7) is 3.63. The van der Waals surface area contributed by atoms with Gasteiger partial charge in [0, 0.05) is 28.9 Å². The molecule has 0 saturated carbocycles. The number of rotatable bonds is 7. The Morgan fingerprint density at radius 2 is 1.62 bits per heavy atom. The molecule has 0 aromatic heterocycles. The number of fused-ring (bicyclic) bond motifs is 4. The molecule has 3 aliphatic rings. The molecule has 7 rings (SSSR count). The maximum Gasteiger partial charge on any atom is 0.255 e. The van der Waals surface area contributed by atoms with Crippen LogP contribution in [0, 0.1) is 17.4 Å². The molecule has 0 bridgehead atoms. The number of hydrogen-bond donors (Lipinski definition) is 1. The number of anilines is 1. The van der Waals surface area contributed by atoms with Crippen LogP contribution in [0.5, 0.6) is 0 Å². The van der Waals surface area contributed by atoms with Crippen LogP contribution >= 0.6 is 0 Å². The van der Waals surface area contributed by atoms with E-state index < -0.39 is 0 Å². The third-order valence-corrected chi connectivity index (χ3v) is 8.86. The molecule has 1 fully saturated rings. The van der Waals surface area contributed by atoms with Crippen LogP contribution in [0.15, 0.2) is 84.9 Å². The van der Waals surface area contributed by atoms with Crippen LogP contribution in [0.2, 0.25) is 0 Å². The first kappa shape index (κ1) is 26.6. The number of carbonyl (C=O) groups is 2. The summed E-state index contributed by atoms with van der Waals surface area (Å²) in [7, 11) is 2.18. The van der Waals surface area contributed by atoms with E-state index in [9.17, 15) is 9.59 Å². The number of aryl methyl sites for hydroxylation is 1. The summed E-state index contributed by atoms with van der Waals surface area (Å²) < 4.78 is 5.57. The number of ketones is 1. The molecule has 5 heteroatoms. The number of likely N-dealkylation sites (N-methyl/N-ethyl adjacent to an activating group) is 1. The molecule has 2 aliphatic carbocycles. The van der Waals surface area contributed by atoms with Crippen LogP contribution in [0.1, 0.15) is 56.3 Å². The molecule has 210 valence electrons. The van der Waals surface area contributed by atoms with Gasteiger partial charge in [0.15, 0.2) is 5.78 Å². The maximum atomic E-state index is 13.9. The maximum absolute atomic E-state index is 13.9. The quantitative estimate of drug-likeness (QED) is 0.256. The average Bonchev–Trinajstić information content (AvgIpc) is 3.84. The smallest absolute Gasteiger partial charge is 0.255 e. The van der Waals surface area contributed by atoms with Crippen molar-refractivity contribution in [3.05, 3.63) is 134 Å². The molecule has 4 aromatic rings. The van der Waals surface area contributed by atoms with Crippen LogP contribution in [-0.4, -0.2) is 42.9 Å². The summed E-state index contributed by atoms with van der Waals surface area (Å²) in [6, 6.07) is 27.9. The van der Waals surface area contributed by atoms with Crippen LogP contribution in [-0.2, 0) is 11.2 Å². The van der Waals surface area contributed by atoms with Gasteiger partial charge in [0.1, 0.15) is 0 Å². The van der Waals surface area contributed by atoms with E-state index in [2.05, 4.69) is 59.7 Å². The highest BCUT2D eigenvalue weighted by molar-refractivity contribution is 6.24. The Labute approximate surface area is 245 Å². The summed E-state index contributed by atoms with van der Waals surface area (Å²) in [5.74, 6) is -0.0946. The van der Waals surface area contributed by atoms with E-state index in [1.165, 1.54) is 26.8 Å². The highest BCUT2D eigenvalue weighted by atomic mass is 16.6. The molecular weight excluding hydrogens is 520 g/mol. The normalized spacial score (nSPS) is 18.4. The number of ether oxygens (including phenoxy) is 1. The molecule has 4 aromatic carbocycles. The molecule has 1 aliphatic heterocycles. The average molecular weight is 555 g/mol. The van der Waals surface area contributed by atoms with Crippen LogP contribution in [0.25, 0.3) is 11.6 Å². The van der Waals surface area contributed by atoms with Crippen molar-refractivity contribution in [2.45, 2.75) is 38.3 Å². The fraction of sp³-hybridized carbons (Fsp3) is 0.243. The third kappa shape index (κ3) is 4.89. The number of carbonyl (C=O) groups excluding carboxylic acids is 2. The Morgan fingerprint density at radius 1 is 0.881 bits per heavy atom. The van der Waals surface area contributed by atoms with Crippen molar-refractivity contribution in [1.82, 2.24) is 4.90 Å². The predicted molar refractivity (Wildman–Crippen MR) is 166 cm³/mol. The molecule has 2 atom stereocenters. The van der Waals surface area contributed by atoms with Crippen molar-refractivity contribution in [3.8, 4) is 0 Å². The highest BCUT2D eigenvalue weighted by Crippen LogP contribution is 2.32. The summed E-state index contributed by atoms with van der Waals surface area (Å²) in [6.07, 6.45) is 5.34. The number of Topliss-reactive ketones (excluding diaryl/α,β-unsaturated/α-hetero) is 1. The fourth-order valence-electron chi connectivity index (χ4n) is 6.60. The number of epoxide rings is 1. The second-order valence-electron chi connectivity index (χ2n) is 11.7. The number of nitrogens with zero attached hydrogens (tertiary/aromatic N) is 1. The van der Waals surface area contributed by atoms with E-state index in [-0.39, 0.29) is 17.7 Å². The monoisotopic (exact) mass is 554 g/mol. The molecule has 1 saturated heterocycles. The standard InChI is InChI=1S/C37H34N2O3/c1-23-8-3-5-10-28(23)37(41)38-26-16-14-24(15-17-26)36(40)33-13-7-12-31-30(33)18-19-32-29-11-6-4-9-25(29)20-34(35(31)32)39(2)21-27-22-42-27/h3-6,8-11,14-20,27,34H,7,12-13,21-22H2,1-2H3,(H,38,41). The summed E-state index contributed by atoms with van der Waals surface area (Å²) in [5.41, 5.74) is 6.37. The third-order valence-electron chi connectivity index (χ3n) is 8.86. The number of amides is 1. The highest BCUT2D eigenvalue weighted by Gasteiger charge is 2.30. The topological polar surface area (TPSA) is 61.9 Å². The van der Waals surface area contributed by atoms with Gasteiger partial charge in [0.2, 0.25) is 0 Å². The van der Waals surface area contributed by atoms with E-state index in [0.29, 0.717) is 22.9 Å². The first-order chi connectivity index (χ1) is 20.5. The minimum atomic E-state index is -0.154. The molecule has 0 radical (unpaired) electrons. The zero-order valence-corrected chi connectivity index (χ0v) is 24.0. The molecule has 1 amide bonds. The lowest BCUT2D eigenvalue weighted by Crippen LogP contribution is -2.34. The SMILES string of the molecule is Cc1ccccc1C(=O)Nc1ccc(C(=O)C2=c3ccc4c(c3CCC2)C(N(C)CC2CO2)C=c2ccccc2=4)cc1. The van der Waals surface area contributed by atoms with E-state index >= 15 is 0 Å². The summed E-state index contributed by atoms with van der Waals surface area (Å²) in [5, 5.41) is 7.82. The van der Waals surface area contributed by atoms with Gasteiger partial charge in [0.25, 0.3) is 5.91 Å². The van der Waals surface area contributed by atoms with Gasteiger partial charge in [-0.1, -0.05) is 60.7 Å². The van der Waals surface area contributed by atoms with Crippen LogP contribution < -0.4 is 15.8 Å². The fourth-order valence-corrected chi connectivity index (χ4v) is 6.60. The van der Waals surface area contributed by atoms with Gasteiger partial charge >= 0.3 is 0 Å². The minimum absolute atomic E-state index is 0.0594. The number of hydrogen-bond acceptors (Lipinski definition) is 4. The van der Waals surface area contributed by atoms with Gasteiger partial charge in [-0.2, -0.15) is 0 Å².